The topological polar surface area (TPSA) is 114 Å². The highest BCUT2D eigenvalue weighted by Crippen LogP contribution is 2.38. The zero-order chi connectivity index (χ0) is 60.7. The lowest BCUT2D eigenvalue weighted by atomic mass is 10.0. The predicted octanol–water partition coefficient (Wildman–Crippen LogP) is 21.7. The van der Waals surface area contributed by atoms with Crippen molar-refractivity contribution in [2.45, 2.75) is 341 Å². The molecule has 3 unspecified atom stereocenters. The summed E-state index contributed by atoms with van der Waals surface area (Å²) in [5, 5.41) is 3.05. The minimum absolute atomic E-state index is 0.0246. The second kappa shape index (κ2) is 62.5. The summed E-state index contributed by atoms with van der Waals surface area (Å²) in [7, 11) is 1.18. The van der Waals surface area contributed by atoms with Crippen LogP contribution in [-0.2, 0) is 27.9 Å². The van der Waals surface area contributed by atoms with Crippen LogP contribution in [0, 0.1) is 0 Å². The largest absolute Gasteiger partial charge is 0.756 e. The molecule has 0 saturated carbocycles. The van der Waals surface area contributed by atoms with Crippen molar-refractivity contribution in [3.63, 3.8) is 0 Å². The number of ether oxygens (including phenoxy) is 1. The van der Waals surface area contributed by atoms with E-state index in [0.717, 1.165) is 103 Å². The SMILES string of the molecule is CC/C=C\C/C=C\C/C=C\C/C=C\C/C=C\CCCCCCCCCC(=O)OC(/C=C/CCCCCCCCCCCCC)C(COP(=O)([O-])OCC[N+](C)(C)C)NC(=O)CCCCCCCCCCCCCCCCCCCCCCC. The van der Waals surface area contributed by atoms with Crippen LogP contribution in [-0.4, -0.2) is 69.4 Å². The Balaban J connectivity index is 5.15. The van der Waals surface area contributed by atoms with Gasteiger partial charge in [0.25, 0.3) is 7.82 Å². The molecule has 0 aromatic rings. The molecule has 0 radical (unpaired) electrons. The first-order chi connectivity index (χ1) is 40.4. The van der Waals surface area contributed by atoms with Gasteiger partial charge in [0.05, 0.1) is 33.8 Å². The molecular weight excluding hydrogens is 1050 g/mol. The van der Waals surface area contributed by atoms with E-state index in [0.29, 0.717) is 17.4 Å². The van der Waals surface area contributed by atoms with Crippen LogP contribution < -0.4 is 10.2 Å². The molecule has 3 atom stereocenters. The molecule has 0 spiro atoms. The Bertz CT molecular complexity index is 1650. The molecule has 0 aromatic heterocycles. The maximum absolute atomic E-state index is 13.6. The number of esters is 1. The first-order valence-electron chi connectivity index (χ1n) is 35.2. The van der Waals surface area contributed by atoms with Gasteiger partial charge in [0, 0.05) is 12.8 Å². The molecule has 0 aromatic carbocycles. The van der Waals surface area contributed by atoms with Crippen LogP contribution in [0.5, 0.6) is 0 Å². The average Bonchev–Trinajstić information content (AvgIpc) is 3.47. The van der Waals surface area contributed by atoms with Gasteiger partial charge in [-0.3, -0.25) is 14.2 Å². The van der Waals surface area contributed by atoms with Crippen molar-refractivity contribution in [3.8, 4) is 0 Å². The Labute approximate surface area is 514 Å². The van der Waals surface area contributed by atoms with Gasteiger partial charge in [0.2, 0.25) is 5.91 Å². The molecule has 0 bridgehead atoms. The van der Waals surface area contributed by atoms with Crippen molar-refractivity contribution in [2.24, 2.45) is 0 Å². The number of phosphoric acid groups is 1. The van der Waals surface area contributed by atoms with E-state index < -0.39 is 26.6 Å². The fraction of sp³-hybridized carbons (Fsp3) is 0.808. The van der Waals surface area contributed by atoms with Crippen LogP contribution in [0.2, 0.25) is 0 Å². The number of phosphoric ester groups is 1. The third kappa shape index (κ3) is 63.8. The molecule has 1 N–H and O–H groups in total. The molecule has 0 rings (SSSR count). The molecule has 0 fully saturated rings. The summed E-state index contributed by atoms with van der Waals surface area (Å²) >= 11 is 0. The Morgan fingerprint density at radius 3 is 1.16 bits per heavy atom. The van der Waals surface area contributed by atoms with Gasteiger partial charge in [-0.05, 0) is 76.7 Å². The van der Waals surface area contributed by atoms with Crippen molar-refractivity contribution in [1.82, 2.24) is 5.32 Å². The highest BCUT2D eigenvalue weighted by molar-refractivity contribution is 7.45. The number of nitrogens with zero attached hydrogens (tertiary/aromatic N) is 1. The number of carbonyl (C=O) groups is 2. The molecule has 0 saturated heterocycles. The van der Waals surface area contributed by atoms with E-state index in [2.05, 4.69) is 86.8 Å². The van der Waals surface area contributed by atoms with Crippen LogP contribution in [0.1, 0.15) is 329 Å². The standard InChI is InChI=1S/C73H135N2O7P/c1-7-10-13-16-19-22-25-28-30-32-34-36-37-39-41-43-45-48-51-54-57-60-63-66-73(77)82-71(64-61-58-55-52-49-46-27-24-21-18-15-12-9-3)70(69-81-83(78,79)80-68-67-75(4,5)6)74-72(76)65-62-59-56-53-50-47-44-42-40-38-35-33-31-29-26-23-20-17-14-11-8-2/h10,13,19,22,28,30,34,36,39,41,61,64,70-71H,7-9,11-12,14-18,20-21,23-27,29,31-33,35,37-38,40,42-60,62-63,65-69H2,1-6H3,(H-,74,76,78,79)/b13-10-,22-19-,30-28-,36-34-,41-39-,64-61+. The van der Waals surface area contributed by atoms with E-state index in [1.54, 1.807) is 0 Å². The summed E-state index contributed by atoms with van der Waals surface area (Å²) in [4.78, 5) is 40.2. The van der Waals surface area contributed by atoms with E-state index in [-0.39, 0.29) is 24.9 Å². The molecule has 9 nitrogen and oxygen atoms in total. The van der Waals surface area contributed by atoms with E-state index in [1.165, 1.54) is 193 Å². The monoisotopic (exact) mass is 1180 g/mol. The number of carbonyl (C=O) groups excluding carboxylic acids is 2. The molecular formula is C73H135N2O7P. The number of hydrogen-bond donors (Lipinski definition) is 1. The number of likely N-dealkylation sites (N-methyl/N-ethyl adjacent to an activating group) is 1. The first kappa shape index (κ1) is 80.5. The van der Waals surface area contributed by atoms with Crippen molar-refractivity contribution in [2.75, 3.05) is 40.9 Å². The van der Waals surface area contributed by atoms with Gasteiger partial charge >= 0.3 is 5.97 Å². The summed E-state index contributed by atoms with van der Waals surface area (Å²) < 4.78 is 30.5. The minimum Gasteiger partial charge on any atom is -0.756 e. The minimum atomic E-state index is -4.71. The van der Waals surface area contributed by atoms with Crippen LogP contribution in [0.4, 0.5) is 0 Å². The average molecular weight is 1180 g/mol. The first-order valence-corrected chi connectivity index (χ1v) is 36.7. The molecule has 10 heteroatoms. The van der Waals surface area contributed by atoms with Gasteiger partial charge in [0.1, 0.15) is 19.3 Å². The molecule has 0 heterocycles. The van der Waals surface area contributed by atoms with Gasteiger partial charge in [-0.1, -0.05) is 312 Å². The Morgan fingerprint density at radius 1 is 0.434 bits per heavy atom. The van der Waals surface area contributed by atoms with E-state index in [4.69, 9.17) is 13.8 Å². The number of quaternary nitrogens is 1. The maximum Gasteiger partial charge on any atom is 0.306 e. The van der Waals surface area contributed by atoms with Gasteiger partial charge in [0.15, 0.2) is 0 Å². The summed E-state index contributed by atoms with van der Waals surface area (Å²) in [6.45, 7) is 6.77. The number of nitrogens with one attached hydrogen (secondary N) is 1. The van der Waals surface area contributed by atoms with E-state index in [9.17, 15) is 19.0 Å². The molecule has 0 aliphatic carbocycles. The summed E-state index contributed by atoms with van der Waals surface area (Å²) in [6.07, 6.45) is 81.6. The second-order valence-electron chi connectivity index (χ2n) is 25.0. The quantitative estimate of drug-likeness (QED) is 0.0212. The molecule has 1 amide bonds. The number of rotatable bonds is 64. The maximum atomic E-state index is 13.6. The normalized spacial score (nSPS) is 14.0. The van der Waals surface area contributed by atoms with Gasteiger partial charge in [-0.25, -0.2) is 0 Å². The molecule has 0 aliphatic rings. The van der Waals surface area contributed by atoms with Crippen LogP contribution in [0.3, 0.4) is 0 Å². The Morgan fingerprint density at radius 2 is 0.771 bits per heavy atom. The van der Waals surface area contributed by atoms with E-state index in [1.807, 2.05) is 33.3 Å². The summed E-state index contributed by atoms with van der Waals surface area (Å²) in [5.41, 5.74) is 0. The van der Waals surface area contributed by atoms with Gasteiger partial charge in [-0.15, -0.1) is 0 Å². The number of hydrogen-bond acceptors (Lipinski definition) is 7. The third-order valence-corrected chi connectivity index (χ3v) is 16.6. The van der Waals surface area contributed by atoms with Gasteiger partial charge in [-0.2, -0.15) is 0 Å². The fourth-order valence-corrected chi connectivity index (χ4v) is 11.0. The lowest BCUT2D eigenvalue weighted by molar-refractivity contribution is -0.870. The summed E-state index contributed by atoms with van der Waals surface area (Å²) in [6, 6.07) is -0.895. The Hall–Kier alpha value is -2.55. The molecule has 0 aliphatic heterocycles. The second-order valence-corrected chi connectivity index (χ2v) is 26.4. The van der Waals surface area contributed by atoms with Crippen LogP contribution in [0.25, 0.3) is 0 Å². The van der Waals surface area contributed by atoms with Crippen molar-refractivity contribution < 1.29 is 37.3 Å². The highest BCUT2D eigenvalue weighted by atomic mass is 31.2. The molecule has 83 heavy (non-hydrogen) atoms. The van der Waals surface area contributed by atoms with Crippen molar-refractivity contribution in [1.29, 1.82) is 0 Å². The fourth-order valence-electron chi connectivity index (χ4n) is 10.3. The highest BCUT2D eigenvalue weighted by Gasteiger charge is 2.27. The predicted molar refractivity (Wildman–Crippen MR) is 358 cm³/mol. The third-order valence-electron chi connectivity index (χ3n) is 15.7. The van der Waals surface area contributed by atoms with Crippen molar-refractivity contribution in [3.05, 3.63) is 72.9 Å². The van der Waals surface area contributed by atoms with E-state index >= 15 is 0 Å². The lowest BCUT2D eigenvalue weighted by Gasteiger charge is -2.30. The number of amides is 1. The molecule has 484 valence electrons. The van der Waals surface area contributed by atoms with Gasteiger partial charge < -0.3 is 28.5 Å². The zero-order valence-corrected chi connectivity index (χ0v) is 56.3. The Kier molecular flexibility index (Phi) is 60.6. The van der Waals surface area contributed by atoms with Crippen molar-refractivity contribution >= 4 is 19.7 Å². The van der Waals surface area contributed by atoms with Crippen LogP contribution >= 0.6 is 7.82 Å². The summed E-state index contributed by atoms with van der Waals surface area (Å²) in [5.74, 6) is -0.541. The zero-order valence-electron chi connectivity index (χ0n) is 55.4. The smallest absolute Gasteiger partial charge is 0.306 e. The number of unbranched alkanes of at least 4 members (excludes halogenated alkanes) is 38. The lowest BCUT2D eigenvalue weighted by Crippen LogP contribution is -2.47. The van der Waals surface area contributed by atoms with Crippen LogP contribution in [0.15, 0.2) is 72.9 Å². The number of allylic oxidation sites excluding steroid dienone is 11.